The van der Waals surface area contributed by atoms with Crippen molar-refractivity contribution in [3.8, 4) is 22.3 Å². The van der Waals surface area contributed by atoms with Crippen molar-refractivity contribution in [2.24, 2.45) is 5.92 Å². The molecule has 1 aliphatic carbocycles. The first-order valence-electron chi connectivity index (χ1n) is 9.92. The van der Waals surface area contributed by atoms with Gasteiger partial charge in [0.2, 0.25) is 5.91 Å². The monoisotopic (exact) mass is 443 g/mol. The zero-order valence-corrected chi connectivity index (χ0v) is 18.1. The molecule has 1 amide bonds. The van der Waals surface area contributed by atoms with Crippen LogP contribution < -0.4 is 14.8 Å². The van der Waals surface area contributed by atoms with Gasteiger partial charge in [-0.15, -0.1) is 21.5 Å². The number of nitrogens with one attached hydrogen (secondary N) is 1. The Balaban J connectivity index is 1.18. The van der Waals surface area contributed by atoms with E-state index in [4.69, 9.17) is 13.9 Å². The summed E-state index contributed by atoms with van der Waals surface area (Å²) in [5.41, 5.74) is 2.06. The van der Waals surface area contributed by atoms with E-state index in [0.29, 0.717) is 41.5 Å². The van der Waals surface area contributed by atoms with Crippen molar-refractivity contribution in [1.29, 1.82) is 0 Å². The molecule has 0 spiro atoms. The second-order valence-electron chi connectivity index (χ2n) is 7.48. The number of aryl methyl sites for hydroxylation is 1. The highest BCUT2D eigenvalue weighted by atomic mass is 32.2. The molecule has 30 heavy (non-hydrogen) atoms. The summed E-state index contributed by atoms with van der Waals surface area (Å²) in [6.45, 7) is 3.33. The smallest absolute Gasteiger partial charge is 0.277 e. The van der Waals surface area contributed by atoms with Gasteiger partial charge in [0.1, 0.15) is 13.2 Å². The molecule has 156 valence electrons. The summed E-state index contributed by atoms with van der Waals surface area (Å²) in [5, 5.41) is 11.5. The first-order valence-corrected chi connectivity index (χ1v) is 11.7. The summed E-state index contributed by atoms with van der Waals surface area (Å²) < 4.78 is 16.8. The third-order valence-corrected chi connectivity index (χ3v) is 7.14. The SMILES string of the molecule is C[C@@H]1CCc2sc(-c3nnc(SCC(=O)Nc4ccc5c(c4)OCCO5)o3)cc2C1. The number of thiophene rings is 1. The number of nitrogens with zero attached hydrogens (tertiary/aromatic N) is 2. The van der Waals surface area contributed by atoms with E-state index in [1.165, 1.54) is 28.6 Å². The molecule has 0 fully saturated rings. The molecule has 2 aliphatic rings. The molecular formula is C21H21N3O4S2. The summed E-state index contributed by atoms with van der Waals surface area (Å²) in [6.07, 6.45) is 3.47. The summed E-state index contributed by atoms with van der Waals surface area (Å²) in [4.78, 5) is 14.7. The van der Waals surface area contributed by atoms with Gasteiger partial charge in [-0.2, -0.15) is 0 Å². The van der Waals surface area contributed by atoms with E-state index in [-0.39, 0.29) is 11.7 Å². The van der Waals surface area contributed by atoms with Crippen molar-refractivity contribution in [2.45, 2.75) is 31.4 Å². The Bertz CT molecular complexity index is 1080. The predicted octanol–water partition coefficient (Wildman–Crippen LogP) is 4.42. The number of carbonyl (C=O) groups excluding carboxylic acids is 1. The largest absolute Gasteiger partial charge is 0.486 e. The molecule has 1 aliphatic heterocycles. The molecule has 5 rings (SSSR count). The molecule has 3 aromatic rings. The van der Waals surface area contributed by atoms with Crippen molar-refractivity contribution in [1.82, 2.24) is 10.2 Å². The highest BCUT2D eigenvalue weighted by molar-refractivity contribution is 7.99. The average molecular weight is 444 g/mol. The summed E-state index contributed by atoms with van der Waals surface area (Å²) in [6, 6.07) is 7.52. The maximum atomic E-state index is 12.3. The van der Waals surface area contributed by atoms with E-state index < -0.39 is 0 Å². The number of thioether (sulfide) groups is 1. The fraction of sp³-hybridized carbons (Fsp3) is 0.381. The number of fused-ring (bicyclic) bond motifs is 2. The second kappa shape index (κ2) is 8.31. The Morgan fingerprint density at radius 1 is 1.23 bits per heavy atom. The lowest BCUT2D eigenvalue weighted by Crippen LogP contribution is -2.17. The quantitative estimate of drug-likeness (QED) is 0.584. The van der Waals surface area contributed by atoms with E-state index in [1.54, 1.807) is 29.5 Å². The van der Waals surface area contributed by atoms with Crippen LogP contribution in [0.5, 0.6) is 11.5 Å². The maximum Gasteiger partial charge on any atom is 0.277 e. The molecule has 2 aromatic heterocycles. The van der Waals surface area contributed by atoms with Crippen LogP contribution in [0, 0.1) is 5.92 Å². The first-order chi connectivity index (χ1) is 14.6. The van der Waals surface area contributed by atoms with Crippen LogP contribution in [0.25, 0.3) is 10.8 Å². The molecule has 1 aromatic carbocycles. The van der Waals surface area contributed by atoms with Gasteiger partial charge in [0.25, 0.3) is 11.1 Å². The zero-order valence-electron chi connectivity index (χ0n) is 16.5. The minimum absolute atomic E-state index is 0.156. The Labute approximate surface area is 182 Å². The van der Waals surface area contributed by atoms with Gasteiger partial charge in [-0.25, -0.2) is 0 Å². The number of ether oxygens (including phenoxy) is 2. The number of aromatic nitrogens is 2. The Morgan fingerprint density at radius 2 is 2.10 bits per heavy atom. The molecule has 3 heterocycles. The lowest BCUT2D eigenvalue weighted by Gasteiger charge is -2.18. The van der Waals surface area contributed by atoms with Crippen LogP contribution in [0.15, 0.2) is 33.9 Å². The van der Waals surface area contributed by atoms with Gasteiger partial charge in [0.05, 0.1) is 10.6 Å². The van der Waals surface area contributed by atoms with Gasteiger partial charge >= 0.3 is 0 Å². The fourth-order valence-corrected chi connectivity index (χ4v) is 5.32. The van der Waals surface area contributed by atoms with Gasteiger partial charge in [0, 0.05) is 16.6 Å². The van der Waals surface area contributed by atoms with Crippen LogP contribution in [0.4, 0.5) is 5.69 Å². The third-order valence-electron chi connectivity index (χ3n) is 5.10. The standard InChI is InChI=1S/C21H21N3O4S2/c1-12-2-5-17-13(8-12)9-18(30-17)20-23-24-21(28-20)29-11-19(25)22-14-3-4-15-16(10-14)27-7-6-26-15/h3-4,9-10,12H,2,5-8,11H2,1H3,(H,22,25)/t12-/m1/s1. The van der Waals surface area contributed by atoms with Crippen molar-refractivity contribution in [3.63, 3.8) is 0 Å². The number of benzene rings is 1. The van der Waals surface area contributed by atoms with Crippen LogP contribution >= 0.6 is 23.1 Å². The van der Waals surface area contributed by atoms with Crippen molar-refractivity contribution >= 4 is 34.7 Å². The number of hydrogen-bond acceptors (Lipinski definition) is 8. The number of amides is 1. The van der Waals surface area contributed by atoms with Crippen molar-refractivity contribution in [3.05, 3.63) is 34.7 Å². The van der Waals surface area contributed by atoms with Gasteiger partial charge < -0.3 is 19.2 Å². The molecule has 7 nitrogen and oxygen atoms in total. The molecule has 1 atom stereocenters. The number of hydrogen-bond donors (Lipinski definition) is 1. The summed E-state index contributed by atoms with van der Waals surface area (Å²) in [5.74, 6) is 2.60. The third kappa shape index (κ3) is 4.17. The van der Waals surface area contributed by atoms with Gasteiger partial charge in [-0.1, -0.05) is 18.7 Å². The average Bonchev–Trinajstić information content (AvgIpc) is 3.38. The molecule has 0 unspecified atom stereocenters. The highest BCUT2D eigenvalue weighted by Gasteiger charge is 2.21. The lowest BCUT2D eigenvalue weighted by atomic mass is 9.90. The van der Waals surface area contributed by atoms with E-state index in [0.717, 1.165) is 23.6 Å². The van der Waals surface area contributed by atoms with Crippen LogP contribution in [-0.2, 0) is 17.6 Å². The van der Waals surface area contributed by atoms with E-state index in [9.17, 15) is 4.79 Å². The van der Waals surface area contributed by atoms with Gasteiger partial charge in [-0.3, -0.25) is 4.79 Å². The molecule has 0 saturated carbocycles. The Kier molecular flexibility index (Phi) is 5.39. The Morgan fingerprint density at radius 3 is 3.00 bits per heavy atom. The van der Waals surface area contributed by atoms with E-state index in [1.807, 2.05) is 0 Å². The maximum absolute atomic E-state index is 12.3. The van der Waals surface area contributed by atoms with E-state index in [2.05, 4.69) is 28.5 Å². The number of rotatable bonds is 5. The van der Waals surface area contributed by atoms with Crippen LogP contribution in [0.2, 0.25) is 0 Å². The molecule has 0 radical (unpaired) electrons. The van der Waals surface area contributed by atoms with Crippen molar-refractivity contribution < 1.29 is 18.7 Å². The summed E-state index contributed by atoms with van der Waals surface area (Å²) >= 11 is 2.96. The predicted molar refractivity (Wildman–Crippen MR) is 116 cm³/mol. The first kappa shape index (κ1) is 19.4. The Hall–Kier alpha value is -2.52. The normalized spacial score (nSPS) is 17.4. The lowest BCUT2D eigenvalue weighted by molar-refractivity contribution is -0.113. The van der Waals surface area contributed by atoms with Crippen molar-refractivity contribution in [2.75, 3.05) is 24.3 Å². The topological polar surface area (TPSA) is 86.5 Å². The summed E-state index contributed by atoms with van der Waals surface area (Å²) in [7, 11) is 0. The minimum atomic E-state index is -0.156. The molecular weight excluding hydrogens is 422 g/mol. The number of carbonyl (C=O) groups is 1. The minimum Gasteiger partial charge on any atom is -0.486 e. The van der Waals surface area contributed by atoms with Gasteiger partial charge in [-0.05, 0) is 48.9 Å². The molecule has 9 heteroatoms. The zero-order chi connectivity index (χ0) is 20.5. The second-order valence-corrected chi connectivity index (χ2v) is 9.54. The fourth-order valence-electron chi connectivity index (χ4n) is 3.62. The van der Waals surface area contributed by atoms with Crippen LogP contribution in [0.1, 0.15) is 23.8 Å². The molecule has 1 N–H and O–H groups in total. The van der Waals surface area contributed by atoms with Crippen LogP contribution in [-0.4, -0.2) is 35.1 Å². The molecule has 0 saturated heterocycles. The van der Waals surface area contributed by atoms with Gasteiger partial charge in [0.15, 0.2) is 11.5 Å². The highest BCUT2D eigenvalue weighted by Crippen LogP contribution is 2.37. The molecule has 0 bridgehead atoms. The number of anilines is 1. The van der Waals surface area contributed by atoms with Crippen LogP contribution in [0.3, 0.4) is 0 Å². The van der Waals surface area contributed by atoms with E-state index >= 15 is 0 Å².